The van der Waals surface area contributed by atoms with Crippen molar-refractivity contribution in [3.63, 3.8) is 0 Å². The second kappa shape index (κ2) is 4.35. The molecule has 0 heterocycles. The lowest BCUT2D eigenvalue weighted by molar-refractivity contribution is 0.160. The molecular weight excluding hydrogens is 169 g/mol. The van der Waals surface area contributed by atoms with Crippen molar-refractivity contribution in [2.75, 3.05) is 0 Å². The maximum Gasteiger partial charge on any atom is 0.127 e. The Kier molecular flexibility index (Phi) is 3.39. The van der Waals surface area contributed by atoms with Gasteiger partial charge >= 0.3 is 0 Å². The Bertz CT molecular complexity index is 286. The Balaban J connectivity index is 2.97. The van der Waals surface area contributed by atoms with Crippen LogP contribution in [0.25, 0.3) is 0 Å². The van der Waals surface area contributed by atoms with E-state index in [-0.39, 0.29) is 12.4 Å². The van der Waals surface area contributed by atoms with E-state index in [0.717, 1.165) is 5.56 Å². The third-order valence-electron chi connectivity index (χ3n) is 2.01. The number of hydrogen-bond donors (Lipinski definition) is 2. The van der Waals surface area contributed by atoms with Gasteiger partial charge in [0.25, 0.3) is 0 Å². The minimum absolute atomic E-state index is 0.145. The van der Waals surface area contributed by atoms with Gasteiger partial charge in [0.2, 0.25) is 0 Å². The van der Waals surface area contributed by atoms with Crippen molar-refractivity contribution >= 4 is 0 Å². The van der Waals surface area contributed by atoms with Crippen LogP contribution in [0, 0.1) is 5.82 Å². The molecule has 2 nitrogen and oxygen atoms in total. The van der Waals surface area contributed by atoms with Gasteiger partial charge in [-0.1, -0.05) is 26.0 Å². The maximum atomic E-state index is 13.1. The number of hydrogen-bond acceptors (Lipinski definition) is 2. The number of nitrogens with one attached hydrogen (secondary N) is 1. The molecular formula is C10H14FNO. The minimum atomic E-state index is -0.286. The Morgan fingerprint density at radius 3 is 2.69 bits per heavy atom. The Labute approximate surface area is 77.4 Å². The van der Waals surface area contributed by atoms with Crippen LogP contribution in [0.2, 0.25) is 0 Å². The zero-order valence-electron chi connectivity index (χ0n) is 7.84. The molecule has 1 aromatic carbocycles. The van der Waals surface area contributed by atoms with E-state index in [0.29, 0.717) is 11.5 Å². The molecule has 1 aromatic rings. The fourth-order valence-electron chi connectivity index (χ4n) is 1.17. The summed E-state index contributed by atoms with van der Waals surface area (Å²) < 4.78 is 13.1. The summed E-state index contributed by atoms with van der Waals surface area (Å²) in [4.78, 5) is 0. The average molecular weight is 183 g/mol. The summed E-state index contributed by atoms with van der Waals surface area (Å²) in [5.74, 6) is 0.0870. The van der Waals surface area contributed by atoms with Crippen molar-refractivity contribution in [1.29, 1.82) is 0 Å². The zero-order valence-corrected chi connectivity index (χ0v) is 7.84. The van der Waals surface area contributed by atoms with E-state index in [9.17, 15) is 4.39 Å². The molecule has 0 atom stereocenters. The van der Waals surface area contributed by atoms with Crippen LogP contribution in [-0.4, -0.2) is 5.21 Å². The molecule has 0 aliphatic carbocycles. The van der Waals surface area contributed by atoms with Gasteiger partial charge in [0.1, 0.15) is 5.82 Å². The molecule has 0 saturated heterocycles. The average Bonchev–Trinajstić information content (AvgIpc) is 2.08. The van der Waals surface area contributed by atoms with Gasteiger partial charge in [0, 0.05) is 12.1 Å². The highest BCUT2D eigenvalue weighted by Crippen LogP contribution is 2.17. The lowest BCUT2D eigenvalue weighted by Gasteiger charge is -2.08. The lowest BCUT2D eigenvalue weighted by Crippen LogP contribution is -2.08. The molecule has 3 heteroatoms. The molecule has 0 spiro atoms. The van der Waals surface area contributed by atoms with Gasteiger partial charge in [0.15, 0.2) is 0 Å². The van der Waals surface area contributed by atoms with Crippen molar-refractivity contribution < 1.29 is 9.60 Å². The zero-order chi connectivity index (χ0) is 9.84. The maximum absolute atomic E-state index is 13.1. The van der Waals surface area contributed by atoms with Gasteiger partial charge in [-0.2, -0.15) is 0 Å². The molecule has 0 amide bonds. The predicted octanol–water partition coefficient (Wildman–Crippen LogP) is 2.43. The molecule has 13 heavy (non-hydrogen) atoms. The van der Waals surface area contributed by atoms with Gasteiger partial charge in [-0.05, 0) is 17.5 Å². The van der Waals surface area contributed by atoms with Crippen LogP contribution in [0.4, 0.5) is 4.39 Å². The second-order valence-corrected chi connectivity index (χ2v) is 3.34. The van der Waals surface area contributed by atoms with Crippen molar-refractivity contribution in [3.8, 4) is 0 Å². The number of benzene rings is 1. The van der Waals surface area contributed by atoms with Crippen LogP contribution in [0.5, 0.6) is 0 Å². The largest absolute Gasteiger partial charge is 0.316 e. The number of rotatable bonds is 3. The first-order valence-corrected chi connectivity index (χ1v) is 4.30. The molecule has 2 N–H and O–H groups in total. The summed E-state index contributed by atoms with van der Waals surface area (Å²) in [5.41, 5.74) is 3.52. The van der Waals surface area contributed by atoms with E-state index in [4.69, 9.17) is 5.21 Å². The van der Waals surface area contributed by atoms with Gasteiger partial charge in [-0.25, -0.2) is 9.87 Å². The summed E-state index contributed by atoms with van der Waals surface area (Å²) in [7, 11) is 0. The van der Waals surface area contributed by atoms with Crippen molar-refractivity contribution in [2.45, 2.75) is 26.3 Å². The first-order valence-electron chi connectivity index (χ1n) is 4.30. The highest BCUT2D eigenvalue weighted by atomic mass is 19.1. The van der Waals surface area contributed by atoms with Crippen molar-refractivity contribution in [1.82, 2.24) is 5.48 Å². The highest BCUT2D eigenvalue weighted by Gasteiger charge is 2.05. The lowest BCUT2D eigenvalue weighted by atomic mass is 10.0. The van der Waals surface area contributed by atoms with Crippen molar-refractivity contribution in [2.24, 2.45) is 0 Å². The highest BCUT2D eigenvalue weighted by molar-refractivity contribution is 5.26. The van der Waals surface area contributed by atoms with E-state index >= 15 is 0 Å². The van der Waals surface area contributed by atoms with Crippen molar-refractivity contribution in [3.05, 3.63) is 35.1 Å². The van der Waals surface area contributed by atoms with Crippen LogP contribution < -0.4 is 5.48 Å². The van der Waals surface area contributed by atoms with E-state index in [1.165, 1.54) is 6.07 Å². The quantitative estimate of drug-likeness (QED) is 0.705. The summed E-state index contributed by atoms with van der Waals surface area (Å²) in [5, 5.41) is 8.46. The molecule has 0 fully saturated rings. The van der Waals surface area contributed by atoms with Crippen LogP contribution >= 0.6 is 0 Å². The predicted molar refractivity (Wildman–Crippen MR) is 49.1 cm³/mol. The molecule has 0 aliphatic rings. The van der Waals surface area contributed by atoms with Crippen LogP contribution in [0.3, 0.4) is 0 Å². The van der Waals surface area contributed by atoms with Gasteiger partial charge in [0.05, 0.1) is 0 Å². The molecule has 0 unspecified atom stereocenters. The molecule has 0 aliphatic heterocycles. The first-order chi connectivity index (χ1) is 6.15. The Morgan fingerprint density at radius 1 is 1.46 bits per heavy atom. The second-order valence-electron chi connectivity index (χ2n) is 3.34. The van der Waals surface area contributed by atoms with E-state index in [1.54, 1.807) is 12.1 Å². The summed E-state index contributed by atoms with van der Waals surface area (Å²) in [6.45, 7) is 4.24. The molecule has 0 saturated carbocycles. The van der Waals surface area contributed by atoms with Crippen LogP contribution in [0.15, 0.2) is 18.2 Å². The summed E-state index contributed by atoms with van der Waals surface area (Å²) in [6, 6.07) is 4.96. The molecule has 0 aromatic heterocycles. The molecule has 0 bridgehead atoms. The van der Waals surface area contributed by atoms with Crippen LogP contribution in [0.1, 0.15) is 30.9 Å². The molecule has 1 rings (SSSR count). The van der Waals surface area contributed by atoms with E-state index in [2.05, 4.69) is 0 Å². The Morgan fingerprint density at radius 2 is 2.15 bits per heavy atom. The smallest absolute Gasteiger partial charge is 0.127 e. The third kappa shape index (κ3) is 2.50. The monoisotopic (exact) mass is 183 g/mol. The molecule has 72 valence electrons. The number of hydroxylamine groups is 1. The van der Waals surface area contributed by atoms with Gasteiger partial charge in [-0.3, -0.25) is 0 Å². The first kappa shape index (κ1) is 10.2. The number of halogens is 1. The standard InChI is InChI=1S/C10H14FNO/c1-7(2)8-3-4-10(11)9(5-8)6-12-13/h3-5,7,12-13H,6H2,1-2H3. The van der Waals surface area contributed by atoms with Gasteiger partial charge < -0.3 is 5.21 Å². The summed E-state index contributed by atoms with van der Waals surface area (Å²) >= 11 is 0. The van der Waals surface area contributed by atoms with E-state index in [1.807, 2.05) is 19.3 Å². The van der Waals surface area contributed by atoms with Gasteiger partial charge in [-0.15, -0.1) is 0 Å². The summed E-state index contributed by atoms with van der Waals surface area (Å²) in [6.07, 6.45) is 0. The molecule has 0 radical (unpaired) electrons. The van der Waals surface area contributed by atoms with Crippen LogP contribution in [-0.2, 0) is 6.54 Å². The topological polar surface area (TPSA) is 32.3 Å². The van der Waals surface area contributed by atoms with E-state index < -0.39 is 0 Å². The minimum Gasteiger partial charge on any atom is -0.316 e. The third-order valence-corrected chi connectivity index (χ3v) is 2.01. The normalized spacial score (nSPS) is 10.8. The fraction of sp³-hybridized carbons (Fsp3) is 0.400. The Hall–Kier alpha value is -0.930. The fourth-order valence-corrected chi connectivity index (χ4v) is 1.17. The SMILES string of the molecule is CC(C)c1ccc(F)c(CNO)c1.